The van der Waals surface area contributed by atoms with E-state index in [0.29, 0.717) is 44.6 Å². The highest BCUT2D eigenvalue weighted by molar-refractivity contribution is 7.99. The molecule has 1 aromatic heterocycles. The van der Waals surface area contributed by atoms with E-state index in [1.165, 1.54) is 27.4 Å². The molecule has 1 amide bonds. The van der Waals surface area contributed by atoms with Crippen molar-refractivity contribution in [2.75, 3.05) is 32.4 Å². The van der Waals surface area contributed by atoms with Crippen LogP contribution in [-0.2, 0) is 4.79 Å². The molecule has 11 heteroatoms. The Hall–Kier alpha value is -4.02. The molecule has 0 spiro atoms. The van der Waals surface area contributed by atoms with Gasteiger partial charge in [0.25, 0.3) is 5.22 Å². The van der Waals surface area contributed by atoms with Gasteiger partial charge in [-0.2, -0.15) is 0 Å². The molecular weight excluding hydrogens is 518 g/mol. The molecule has 1 N–H and O–H groups in total. The second-order valence-electron chi connectivity index (χ2n) is 7.51. The predicted molar refractivity (Wildman–Crippen MR) is 140 cm³/mol. The molecule has 4 rings (SSSR count). The van der Waals surface area contributed by atoms with Gasteiger partial charge in [-0.3, -0.25) is 9.59 Å². The number of carbonyl (C=O) groups is 2. The van der Waals surface area contributed by atoms with Crippen LogP contribution in [0.25, 0.3) is 11.5 Å². The highest BCUT2D eigenvalue weighted by atomic mass is 35.5. The first-order chi connectivity index (χ1) is 17.9. The van der Waals surface area contributed by atoms with Gasteiger partial charge in [-0.1, -0.05) is 53.7 Å². The first-order valence-electron chi connectivity index (χ1n) is 10.9. The number of amides is 1. The van der Waals surface area contributed by atoms with E-state index < -0.39 is 0 Å². The average Bonchev–Trinajstić information content (AvgIpc) is 3.41. The van der Waals surface area contributed by atoms with Crippen LogP contribution in [0.1, 0.15) is 15.9 Å². The summed E-state index contributed by atoms with van der Waals surface area (Å²) in [5.74, 6) is 0.889. The summed E-state index contributed by atoms with van der Waals surface area (Å²) >= 11 is 7.17. The molecule has 9 nitrogen and oxygen atoms in total. The lowest BCUT2D eigenvalue weighted by Gasteiger charge is -2.12. The summed E-state index contributed by atoms with van der Waals surface area (Å²) in [7, 11) is 4.53. The van der Waals surface area contributed by atoms with Crippen molar-refractivity contribution in [1.29, 1.82) is 0 Å². The van der Waals surface area contributed by atoms with E-state index in [1.54, 1.807) is 48.5 Å². The van der Waals surface area contributed by atoms with Crippen molar-refractivity contribution in [2.45, 2.75) is 5.22 Å². The van der Waals surface area contributed by atoms with Crippen molar-refractivity contribution < 1.29 is 28.2 Å². The Morgan fingerprint density at radius 2 is 1.65 bits per heavy atom. The molecule has 0 aliphatic heterocycles. The van der Waals surface area contributed by atoms with Crippen molar-refractivity contribution in [3.05, 3.63) is 76.8 Å². The van der Waals surface area contributed by atoms with E-state index in [2.05, 4.69) is 15.5 Å². The van der Waals surface area contributed by atoms with Gasteiger partial charge in [-0.05, 0) is 30.3 Å². The normalized spacial score (nSPS) is 10.6. The highest BCUT2D eigenvalue weighted by Gasteiger charge is 2.19. The zero-order chi connectivity index (χ0) is 26.4. The molecule has 0 aliphatic rings. The number of halogens is 1. The Morgan fingerprint density at radius 1 is 0.946 bits per heavy atom. The van der Waals surface area contributed by atoms with Crippen LogP contribution in [0.15, 0.2) is 70.3 Å². The summed E-state index contributed by atoms with van der Waals surface area (Å²) in [6.45, 7) is 0. The fourth-order valence-electron chi connectivity index (χ4n) is 3.46. The standard InChI is InChI=1S/C26H22ClN3O6S/c1-33-20-11-16(12-21(34-2)24(20)35-3)25-29-30-26(36-25)37-14-22(31)28-19-10-9-17(27)13-18(19)23(32)15-7-5-4-6-8-15/h4-13H,14H2,1-3H3,(H,28,31). The van der Waals surface area contributed by atoms with E-state index in [0.717, 1.165) is 11.8 Å². The number of rotatable bonds is 10. The number of thioether (sulfide) groups is 1. The minimum atomic E-state index is -0.359. The van der Waals surface area contributed by atoms with Crippen LogP contribution >= 0.6 is 23.4 Å². The number of ether oxygens (including phenoxy) is 3. The molecule has 0 saturated heterocycles. The lowest BCUT2D eigenvalue weighted by atomic mass is 10.0. The van der Waals surface area contributed by atoms with Crippen molar-refractivity contribution >= 4 is 40.7 Å². The molecule has 37 heavy (non-hydrogen) atoms. The summed E-state index contributed by atoms with van der Waals surface area (Å²) in [5.41, 5.74) is 1.69. The number of benzene rings is 3. The third-order valence-electron chi connectivity index (χ3n) is 5.18. The van der Waals surface area contributed by atoms with Gasteiger partial charge in [0.05, 0.1) is 32.8 Å². The fourth-order valence-corrected chi connectivity index (χ4v) is 4.20. The largest absolute Gasteiger partial charge is 0.493 e. The maximum atomic E-state index is 13.0. The van der Waals surface area contributed by atoms with E-state index in [4.69, 9.17) is 30.2 Å². The van der Waals surface area contributed by atoms with Crippen LogP contribution < -0.4 is 19.5 Å². The number of methoxy groups -OCH3 is 3. The van der Waals surface area contributed by atoms with Gasteiger partial charge in [0.1, 0.15) is 0 Å². The van der Waals surface area contributed by atoms with E-state index in [-0.39, 0.29) is 28.6 Å². The molecule has 0 unspecified atom stereocenters. The zero-order valence-electron chi connectivity index (χ0n) is 20.1. The molecule has 190 valence electrons. The summed E-state index contributed by atoms with van der Waals surface area (Å²) < 4.78 is 21.8. The van der Waals surface area contributed by atoms with Gasteiger partial charge in [-0.15, -0.1) is 10.2 Å². The Labute approximate surface area is 222 Å². The van der Waals surface area contributed by atoms with Gasteiger partial charge >= 0.3 is 0 Å². The third-order valence-corrected chi connectivity index (χ3v) is 6.23. The van der Waals surface area contributed by atoms with Crippen LogP contribution in [-0.4, -0.2) is 49.0 Å². The highest BCUT2D eigenvalue weighted by Crippen LogP contribution is 2.41. The second kappa shape index (κ2) is 11.8. The fraction of sp³-hybridized carbons (Fsp3) is 0.154. The Morgan fingerprint density at radius 3 is 2.30 bits per heavy atom. The topological polar surface area (TPSA) is 113 Å². The zero-order valence-corrected chi connectivity index (χ0v) is 21.7. The number of aromatic nitrogens is 2. The lowest BCUT2D eigenvalue weighted by Crippen LogP contribution is -2.17. The Balaban J connectivity index is 1.46. The number of ketones is 1. The van der Waals surface area contributed by atoms with Crippen LogP contribution in [0, 0.1) is 0 Å². The van der Waals surface area contributed by atoms with Crippen molar-refractivity contribution in [2.24, 2.45) is 0 Å². The maximum absolute atomic E-state index is 13.0. The van der Waals surface area contributed by atoms with E-state index >= 15 is 0 Å². The first-order valence-corrected chi connectivity index (χ1v) is 12.3. The summed E-state index contributed by atoms with van der Waals surface area (Å²) in [6, 6.07) is 16.8. The van der Waals surface area contributed by atoms with Crippen molar-refractivity contribution in [1.82, 2.24) is 10.2 Å². The minimum Gasteiger partial charge on any atom is -0.493 e. The number of nitrogens with one attached hydrogen (secondary N) is 1. The minimum absolute atomic E-state index is 0.0293. The predicted octanol–water partition coefficient (Wildman–Crippen LogP) is 5.38. The van der Waals surface area contributed by atoms with Gasteiger partial charge < -0.3 is 23.9 Å². The van der Waals surface area contributed by atoms with Gasteiger partial charge in [0, 0.05) is 21.7 Å². The Kier molecular flexibility index (Phi) is 8.32. The second-order valence-corrected chi connectivity index (χ2v) is 8.87. The molecule has 0 radical (unpaired) electrons. The van der Waals surface area contributed by atoms with Gasteiger partial charge in [0.2, 0.25) is 17.5 Å². The SMILES string of the molecule is COc1cc(-c2nnc(SCC(=O)Nc3ccc(Cl)cc3C(=O)c3ccccc3)o2)cc(OC)c1OC. The molecule has 0 aliphatic carbocycles. The lowest BCUT2D eigenvalue weighted by molar-refractivity contribution is -0.113. The molecule has 0 fully saturated rings. The molecular formula is C26H22ClN3O6S. The summed E-state index contributed by atoms with van der Waals surface area (Å²) in [4.78, 5) is 25.7. The monoisotopic (exact) mass is 539 g/mol. The van der Waals surface area contributed by atoms with Crippen LogP contribution in [0.3, 0.4) is 0 Å². The summed E-state index contributed by atoms with van der Waals surface area (Å²) in [6.07, 6.45) is 0. The average molecular weight is 540 g/mol. The maximum Gasteiger partial charge on any atom is 0.277 e. The van der Waals surface area contributed by atoms with Crippen molar-refractivity contribution in [3.63, 3.8) is 0 Å². The number of hydrogen-bond donors (Lipinski definition) is 1. The Bertz CT molecular complexity index is 1400. The van der Waals surface area contributed by atoms with Gasteiger partial charge in [0.15, 0.2) is 17.3 Å². The van der Waals surface area contributed by atoms with E-state index in [9.17, 15) is 9.59 Å². The quantitative estimate of drug-likeness (QED) is 0.209. The number of hydrogen-bond acceptors (Lipinski definition) is 9. The van der Waals surface area contributed by atoms with Crippen LogP contribution in [0.2, 0.25) is 5.02 Å². The smallest absolute Gasteiger partial charge is 0.277 e. The molecule has 4 aromatic rings. The number of carbonyl (C=O) groups excluding carboxylic acids is 2. The molecule has 0 atom stereocenters. The summed E-state index contributed by atoms with van der Waals surface area (Å²) in [5, 5.41) is 11.4. The van der Waals surface area contributed by atoms with Crippen molar-refractivity contribution in [3.8, 4) is 28.7 Å². The molecule has 1 heterocycles. The molecule has 3 aromatic carbocycles. The van der Waals surface area contributed by atoms with E-state index in [1.807, 2.05) is 6.07 Å². The third kappa shape index (κ3) is 6.04. The molecule has 0 saturated carbocycles. The number of anilines is 1. The first kappa shape index (κ1) is 26.1. The van der Waals surface area contributed by atoms with Crippen LogP contribution in [0.4, 0.5) is 5.69 Å². The van der Waals surface area contributed by atoms with Crippen LogP contribution in [0.5, 0.6) is 17.2 Å². The van der Waals surface area contributed by atoms with Gasteiger partial charge in [-0.25, -0.2) is 0 Å². The number of nitrogens with zero attached hydrogens (tertiary/aromatic N) is 2. The molecule has 0 bridgehead atoms.